The van der Waals surface area contributed by atoms with E-state index in [0.717, 1.165) is 17.3 Å². The monoisotopic (exact) mass is 340 g/mol. The lowest BCUT2D eigenvalue weighted by Crippen LogP contribution is -2.45. The van der Waals surface area contributed by atoms with Gasteiger partial charge in [0, 0.05) is 17.6 Å². The highest BCUT2D eigenvalue weighted by molar-refractivity contribution is 9.10. The van der Waals surface area contributed by atoms with Crippen LogP contribution in [0.4, 0.5) is 0 Å². The second kappa shape index (κ2) is 6.74. The summed E-state index contributed by atoms with van der Waals surface area (Å²) < 4.78 is 6.40. The average molecular weight is 341 g/mol. The van der Waals surface area contributed by atoms with Gasteiger partial charge in [-0.05, 0) is 37.1 Å². The first-order valence-corrected chi connectivity index (χ1v) is 7.31. The maximum absolute atomic E-state index is 12.0. The van der Waals surface area contributed by atoms with Crippen LogP contribution in [0, 0.1) is 5.92 Å². The van der Waals surface area contributed by atoms with Crippen LogP contribution in [0.3, 0.4) is 0 Å². The third-order valence-corrected chi connectivity index (χ3v) is 3.88. The van der Waals surface area contributed by atoms with Gasteiger partial charge in [0.1, 0.15) is 5.75 Å². The van der Waals surface area contributed by atoms with Gasteiger partial charge in [0.05, 0.1) is 5.92 Å². The Hall–Kier alpha value is -1.56. The topological polar surface area (TPSA) is 72.6 Å². The molecule has 1 aromatic rings. The Morgan fingerprint density at radius 2 is 2.05 bits per heavy atom. The third kappa shape index (κ3) is 3.96. The van der Waals surface area contributed by atoms with Crippen molar-refractivity contribution in [2.75, 3.05) is 19.7 Å². The van der Waals surface area contributed by atoms with Gasteiger partial charge in [-0.2, -0.15) is 0 Å². The Bertz CT molecular complexity index is 490. The van der Waals surface area contributed by atoms with E-state index >= 15 is 0 Å². The zero-order valence-corrected chi connectivity index (χ0v) is 12.6. The zero-order chi connectivity index (χ0) is 14.5. The SMILES string of the molecule is NC(=O)C1CCCN(C(=O)COc2ccc(Br)cc2)C1. The summed E-state index contributed by atoms with van der Waals surface area (Å²) in [5, 5.41) is 0. The van der Waals surface area contributed by atoms with E-state index in [-0.39, 0.29) is 24.3 Å². The number of benzene rings is 1. The largest absolute Gasteiger partial charge is 0.484 e. The van der Waals surface area contributed by atoms with Crippen LogP contribution in [-0.2, 0) is 9.59 Å². The van der Waals surface area contributed by atoms with Crippen LogP contribution < -0.4 is 10.5 Å². The molecular weight excluding hydrogens is 324 g/mol. The number of hydrogen-bond acceptors (Lipinski definition) is 3. The van der Waals surface area contributed by atoms with Crippen molar-refractivity contribution < 1.29 is 14.3 Å². The van der Waals surface area contributed by atoms with Crippen LogP contribution in [0.2, 0.25) is 0 Å². The van der Waals surface area contributed by atoms with E-state index < -0.39 is 0 Å². The maximum Gasteiger partial charge on any atom is 0.260 e. The van der Waals surface area contributed by atoms with Crippen LogP contribution >= 0.6 is 15.9 Å². The molecule has 20 heavy (non-hydrogen) atoms. The van der Waals surface area contributed by atoms with Crippen molar-refractivity contribution in [3.8, 4) is 5.75 Å². The Balaban J connectivity index is 1.85. The van der Waals surface area contributed by atoms with E-state index in [4.69, 9.17) is 10.5 Å². The molecule has 108 valence electrons. The number of hydrogen-bond donors (Lipinski definition) is 1. The predicted octanol–water partition coefficient (Wildman–Crippen LogP) is 1.55. The molecule has 1 saturated heterocycles. The molecule has 0 saturated carbocycles. The van der Waals surface area contributed by atoms with Crippen molar-refractivity contribution in [1.29, 1.82) is 0 Å². The molecule has 2 rings (SSSR count). The molecule has 1 aliphatic heterocycles. The van der Waals surface area contributed by atoms with E-state index in [1.165, 1.54) is 0 Å². The minimum atomic E-state index is -0.337. The van der Waals surface area contributed by atoms with E-state index in [1.807, 2.05) is 12.1 Å². The number of halogens is 1. The lowest BCUT2D eigenvalue weighted by atomic mass is 9.97. The summed E-state index contributed by atoms with van der Waals surface area (Å²) in [6.45, 7) is 1.04. The number of primary amides is 1. The van der Waals surface area contributed by atoms with E-state index in [0.29, 0.717) is 18.8 Å². The summed E-state index contributed by atoms with van der Waals surface area (Å²) in [4.78, 5) is 24.9. The Morgan fingerprint density at radius 3 is 2.70 bits per heavy atom. The quantitative estimate of drug-likeness (QED) is 0.903. The number of nitrogens with two attached hydrogens (primary N) is 1. The fourth-order valence-corrected chi connectivity index (χ4v) is 2.47. The van der Waals surface area contributed by atoms with Gasteiger partial charge in [-0.3, -0.25) is 9.59 Å². The van der Waals surface area contributed by atoms with Gasteiger partial charge in [-0.1, -0.05) is 15.9 Å². The zero-order valence-electron chi connectivity index (χ0n) is 11.0. The molecule has 1 heterocycles. The molecule has 0 aliphatic carbocycles. The van der Waals surface area contributed by atoms with Crippen LogP contribution in [-0.4, -0.2) is 36.4 Å². The van der Waals surface area contributed by atoms with Crippen molar-refractivity contribution in [2.45, 2.75) is 12.8 Å². The molecule has 0 spiro atoms. The van der Waals surface area contributed by atoms with E-state index in [1.54, 1.807) is 17.0 Å². The number of ether oxygens (including phenoxy) is 1. The van der Waals surface area contributed by atoms with Crippen LogP contribution in [0.5, 0.6) is 5.75 Å². The number of likely N-dealkylation sites (tertiary alicyclic amines) is 1. The first-order chi connectivity index (χ1) is 9.56. The van der Waals surface area contributed by atoms with Gasteiger partial charge < -0.3 is 15.4 Å². The first-order valence-electron chi connectivity index (χ1n) is 6.51. The molecule has 1 fully saturated rings. The Labute approximate surface area is 126 Å². The Kier molecular flexibility index (Phi) is 5.00. The second-order valence-corrected chi connectivity index (χ2v) is 5.74. The fourth-order valence-electron chi connectivity index (χ4n) is 2.20. The van der Waals surface area contributed by atoms with Crippen LogP contribution in [0.15, 0.2) is 28.7 Å². The highest BCUT2D eigenvalue weighted by Gasteiger charge is 2.26. The van der Waals surface area contributed by atoms with Crippen molar-refractivity contribution in [1.82, 2.24) is 4.90 Å². The summed E-state index contributed by atoms with van der Waals surface area (Å²) >= 11 is 3.33. The van der Waals surface area contributed by atoms with Crippen molar-refractivity contribution in [3.05, 3.63) is 28.7 Å². The number of piperidine rings is 1. The molecular formula is C14H17BrN2O3. The van der Waals surface area contributed by atoms with Crippen LogP contribution in [0.1, 0.15) is 12.8 Å². The van der Waals surface area contributed by atoms with Gasteiger partial charge in [-0.15, -0.1) is 0 Å². The number of nitrogens with zero attached hydrogens (tertiary/aromatic N) is 1. The highest BCUT2D eigenvalue weighted by Crippen LogP contribution is 2.18. The molecule has 0 radical (unpaired) electrons. The number of rotatable bonds is 4. The van der Waals surface area contributed by atoms with Crippen LogP contribution in [0.25, 0.3) is 0 Å². The highest BCUT2D eigenvalue weighted by atomic mass is 79.9. The lowest BCUT2D eigenvalue weighted by Gasteiger charge is -2.31. The number of carbonyl (C=O) groups is 2. The summed E-state index contributed by atoms with van der Waals surface area (Å²) in [7, 11) is 0. The minimum Gasteiger partial charge on any atom is -0.484 e. The average Bonchev–Trinajstić information content (AvgIpc) is 2.46. The molecule has 2 N–H and O–H groups in total. The van der Waals surface area contributed by atoms with Gasteiger partial charge >= 0.3 is 0 Å². The molecule has 1 aromatic carbocycles. The summed E-state index contributed by atoms with van der Waals surface area (Å²) in [5.41, 5.74) is 5.30. The van der Waals surface area contributed by atoms with Gasteiger partial charge in [0.2, 0.25) is 5.91 Å². The van der Waals surface area contributed by atoms with Crippen molar-refractivity contribution in [2.24, 2.45) is 11.7 Å². The summed E-state index contributed by atoms with van der Waals surface area (Å²) in [5.74, 6) is -0.0411. The molecule has 1 aliphatic rings. The Morgan fingerprint density at radius 1 is 1.35 bits per heavy atom. The van der Waals surface area contributed by atoms with Gasteiger partial charge in [0.25, 0.3) is 5.91 Å². The normalized spacial score (nSPS) is 18.6. The molecule has 1 unspecified atom stereocenters. The van der Waals surface area contributed by atoms with Crippen molar-refractivity contribution in [3.63, 3.8) is 0 Å². The molecule has 5 nitrogen and oxygen atoms in total. The summed E-state index contributed by atoms with van der Waals surface area (Å²) in [6.07, 6.45) is 1.56. The van der Waals surface area contributed by atoms with Gasteiger partial charge in [-0.25, -0.2) is 0 Å². The minimum absolute atomic E-state index is 0.0207. The number of amides is 2. The molecule has 0 aromatic heterocycles. The first kappa shape index (κ1) is 14.8. The van der Waals surface area contributed by atoms with E-state index in [9.17, 15) is 9.59 Å². The maximum atomic E-state index is 12.0. The molecule has 2 amide bonds. The van der Waals surface area contributed by atoms with Gasteiger partial charge in [0.15, 0.2) is 6.61 Å². The summed E-state index contributed by atoms with van der Waals surface area (Å²) in [6, 6.07) is 7.28. The standard InChI is InChI=1S/C14H17BrN2O3/c15-11-3-5-12(6-4-11)20-9-13(18)17-7-1-2-10(8-17)14(16)19/h3-6,10H,1-2,7-9H2,(H2,16,19). The van der Waals surface area contributed by atoms with E-state index in [2.05, 4.69) is 15.9 Å². The van der Waals surface area contributed by atoms with Crippen molar-refractivity contribution >= 4 is 27.7 Å². The predicted molar refractivity (Wildman–Crippen MR) is 78.1 cm³/mol. The smallest absolute Gasteiger partial charge is 0.260 e. The molecule has 0 bridgehead atoms. The number of carbonyl (C=O) groups excluding carboxylic acids is 2. The lowest BCUT2D eigenvalue weighted by molar-refractivity contribution is -0.136. The second-order valence-electron chi connectivity index (χ2n) is 4.82. The molecule has 6 heteroatoms. The third-order valence-electron chi connectivity index (χ3n) is 3.35. The fraction of sp³-hybridized carbons (Fsp3) is 0.429. The molecule has 1 atom stereocenters.